The topological polar surface area (TPSA) is 32.3 Å². The summed E-state index contributed by atoms with van der Waals surface area (Å²) in [6, 6.07) is 7.68. The Bertz CT molecular complexity index is 359. The first-order valence-electron chi connectivity index (χ1n) is 5.85. The Labute approximate surface area is 102 Å². The van der Waals surface area contributed by atoms with Gasteiger partial charge in [-0.05, 0) is 43.4 Å². The van der Waals surface area contributed by atoms with Gasteiger partial charge in [-0.25, -0.2) is 0 Å². The molecule has 2 rings (SSSR count). The summed E-state index contributed by atoms with van der Waals surface area (Å²) in [5.74, 6) is 0.599. The molecule has 1 unspecified atom stereocenters. The minimum atomic E-state index is -0.162. The number of nitrogens with one attached hydrogen (secondary N) is 1. The Kier molecular flexibility index (Phi) is 3.41. The first-order valence-corrected chi connectivity index (χ1v) is 6.22. The van der Waals surface area contributed by atoms with Crippen LogP contribution >= 0.6 is 11.6 Å². The van der Waals surface area contributed by atoms with Crippen LogP contribution in [0.2, 0.25) is 5.02 Å². The zero-order valence-corrected chi connectivity index (χ0v) is 10.3. The van der Waals surface area contributed by atoms with Gasteiger partial charge in [0.1, 0.15) is 0 Å². The number of rotatable bonds is 5. The fourth-order valence-electron chi connectivity index (χ4n) is 2.25. The highest BCUT2D eigenvalue weighted by Gasteiger charge is 2.43. The van der Waals surface area contributed by atoms with E-state index in [1.807, 2.05) is 24.3 Å². The molecule has 88 valence electrons. The van der Waals surface area contributed by atoms with Crippen LogP contribution in [0.25, 0.3) is 0 Å². The van der Waals surface area contributed by atoms with E-state index in [1.165, 1.54) is 12.8 Å². The van der Waals surface area contributed by atoms with Crippen LogP contribution in [0.1, 0.15) is 26.2 Å². The van der Waals surface area contributed by atoms with Gasteiger partial charge in [-0.3, -0.25) is 0 Å². The van der Waals surface area contributed by atoms with Gasteiger partial charge in [0.2, 0.25) is 0 Å². The number of aliphatic hydroxyl groups excluding tert-OH is 1. The second-order valence-electron chi connectivity index (χ2n) is 4.58. The van der Waals surface area contributed by atoms with Gasteiger partial charge in [0.25, 0.3) is 0 Å². The number of hydrogen-bond donors (Lipinski definition) is 2. The Morgan fingerprint density at radius 2 is 2.25 bits per heavy atom. The molecule has 1 saturated carbocycles. The van der Waals surface area contributed by atoms with E-state index in [1.54, 1.807) is 0 Å². The smallest absolute Gasteiger partial charge is 0.0664 e. The number of halogens is 1. The van der Waals surface area contributed by atoms with Crippen LogP contribution in [0.4, 0.5) is 5.69 Å². The van der Waals surface area contributed by atoms with Crippen LogP contribution in [0.3, 0.4) is 0 Å². The van der Waals surface area contributed by atoms with Gasteiger partial charge in [0.15, 0.2) is 0 Å². The molecule has 0 spiro atoms. The van der Waals surface area contributed by atoms with Crippen LogP contribution < -0.4 is 5.32 Å². The van der Waals surface area contributed by atoms with Crippen molar-refractivity contribution in [2.75, 3.05) is 11.9 Å². The minimum absolute atomic E-state index is 0.162. The third-order valence-corrected chi connectivity index (χ3v) is 3.72. The molecule has 1 aliphatic rings. The molecule has 1 fully saturated rings. The molecule has 0 radical (unpaired) electrons. The Morgan fingerprint density at radius 3 is 2.75 bits per heavy atom. The van der Waals surface area contributed by atoms with E-state index in [9.17, 15) is 5.11 Å². The molecule has 2 N–H and O–H groups in total. The lowest BCUT2D eigenvalue weighted by molar-refractivity contribution is 0.188. The SMILES string of the molecule is CCC(CO)(Nc1cccc(Cl)c1)C1CC1. The van der Waals surface area contributed by atoms with Crippen molar-refractivity contribution in [3.05, 3.63) is 29.3 Å². The fraction of sp³-hybridized carbons (Fsp3) is 0.538. The van der Waals surface area contributed by atoms with Crippen LogP contribution in [-0.4, -0.2) is 17.3 Å². The maximum absolute atomic E-state index is 9.62. The Balaban J connectivity index is 2.16. The van der Waals surface area contributed by atoms with E-state index in [0.29, 0.717) is 5.92 Å². The molecule has 0 aliphatic heterocycles. The highest BCUT2D eigenvalue weighted by Crippen LogP contribution is 2.43. The maximum atomic E-state index is 9.62. The fourth-order valence-corrected chi connectivity index (χ4v) is 2.44. The molecule has 1 aromatic carbocycles. The predicted octanol–water partition coefficient (Wildman–Crippen LogP) is 3.30. The van der Waals surface area contributed by atoms with Crippen LogP contribution in [0.5, 0.6) is 0 Å². The van der Waals surface area contributed by atoms with Crippen LogP contribution in [0, 0.1) is 5.92 Å². The van der Waals surface area contributed by atoms with Gasteiger partial charge >= 0.3 is 0 Å². The van der Waals surface area contributed by atoms with Crippen molar-refractivity contribution in [3.63, 3.8) is 0 Å². The predicted molar refractivity (Wildman–Crippen MR) is 67.9 cm³/mol. The van der Waals surface area contributed by atoms with Gasteiger partial charge in [-0.1, -0.05) is 24.6 Å². The third-order valence-electron chi connectivity index (χ3n) is 3.49. The van der Waals surface area contributed by atoms with Crippen molar-refractivity contribution < 1.29 is 5.11 Å². The van der Waals surface area contributed by atoms with Crippen molar-refractivity contribution in [1.29, 1.82) is 0 Å². The molecule has 2 nitrogen and oxygen atoms in total. The molecule has 0 aromatic heterocycles. The number of benzene rings is 1. The third kappa shape index (κ3) is 2.33. The summed E-state index contributed by atoms with van der Waals surface area (Å²) in [4.78, 5) is 0. The molecule has 1 aromatic rings. The Hall–Kier alpha value is -0.730. The largest absolute Gasteiger partial charge is 0.394 e. The zero-order valence-electron chi connectivity index (χ0n) is 9.54. The molecule has 16 heavy (non-hydrogen) atoms. The molecular weight excluding hydrogens is 222 g/mol. The molecule has 0 heterocycles. The second-order valence-corrected chi connectivity index (χ2v) is 5.01. The lowest BCUT2D eigenvalue weighted by Gasteiger charge is -2.33. The lowest BCUT2D eigenvalue weighted by atomic mass is 9.90. The number of hydrogen-bond acceptors (Lipinski definition) is 2. The maximum Gasteiger partial charge on any atom is 0.0664 e. The van der Waals surface area contributed by atoms with Gasteiger partial charge in [-0.15, -0.1) is 0 Å². The van der Waals surface area contributed by atoms with E-state index in [0.717, 1.165) is 17.1 Å². The van der Waals surface area contributed by atoms with Crippen LogP contribution in [-0.2, 0) is 0 Å². The molecule has 1 atom stereocenters. The number of aliphatic hydroxyl groups is 1. The zero-order chi connectivity index (χ0) is 11.6. The quantitative estimate of drug-likeness (QED) is 0.827. The van der Waals surface area contributed by atoms with Gasteiger partial charge in [0.05, 0.1) is 12.1 Å². The van der Waals surface area contributed by atoms with Crippen molar-refractivity contribution >= 4 is 17.3 Å². The van der Waals surface area contributed by atoms with Crippen molar-refractivity contribution in [2.24, 2.45) is 5.92 Å². The molecule has 1 aliphatic carbocycles. The van der Waals surface area contributed by atoms with E-state index >= 15 is 0 Å². The second kappa shape index (κ2) is 4.64. The van der Waals surface area contributed by atoms with E-state index in [-0.39, 0.29) is 12.1 Å². The molecule has 0 saturated heterocycles. The average Bonchev–Trinajstić information content (AvgIpc) is 3.10. The normalized spacial score (nSPS) is 19.2. The standard InChI is InChI=1S/C13H18ClNO/c1-2-13(9-16,10-6-7-10)15-12-5-3-4-11(14)8-12/h3-5,8,10,15-16H,2,6-7,9H2,1H3. The monoisotopic (exact) mass is 239 g/mol. The summed E-state index contributed by atoms with van der Waals surface area (Å²) in [5, 5.41) is 13.8. The summed E-state index contributed by atoms with van der Waals surface area (Å²) < 4.78 is 0. The first-order chi connectivity index (χ1) is 7.70. The van der Waals surface area contributed by atoms with Crippen LogP contribution in [0.15, 0.2) is 24.3 Å². The molecule has 0 bridgehead atoms. The number of anilines is 1. The average molecular weight is 240 g/mol. The highest BCUT2D eigenvalue weighted by molar-refractivity contribution is 6.30. The van der Waals surface area contributed by atoms with Crippen molar-refractivity contribution in [2.45, 2.75) is 31.7 Å². The van der Waals surface area contributed by atoms with Gasteiger partial charge < -0.3 is 10.4 Å². The molecule has 3 heteroatoms. The summed E-state index contributed by atoms with van der Waals surface area (Å²) in [5.41, 5.74) is 0.834. The first kappa shape index (κ1) is 11.7. The Morgan fingerprint density at radius 1 is 1.50 bits per heavy atom. The van der Waals surface area contributed by atoms with Crippen molar-refractivity contribution in [1.82, 2.24) is 0 Å². The summed E-state index contributed by atoms with van der Waals surface area (Å²) in [7, 11) is 0. The molecule has 0 amide bonds. The highest BCUT2D eigenvalue weighted by atomic mass is 35.5. The summed E-state index contributed by atoms with van der Waals surface area (Å²) in [6.45, 7) is 2.30. The van der Waals surface area contributed by atoms with E-state index in [2.05, 4.69) is 12.2 Å². The summed E-state index contributed by atoms with van der Waals surface area (Å²) >= 11 is 5.95. The van der Waals surface area contributed by atoms with Gasteiger partial charge in [0, 0.05) is 10.7 Å². The van der Waals surface area contributed by atoms with E-state index < -0.39 is 0 Å². The minimum Gasteiger partial charge on any atom is -0.394 e. The van der Waals surface area contributed by atoms with Gasteiger partial charge in [-0.2, -0.15) is 0 Å². The summed E-state index contributed by atoms with van der Waals surface area (Å²) in [6.07, 6.45) is 3.35. The van der Waals surface area contributed by atoms with Crippen molar-refractivity contribution in [3.8, 4) is 0 Å². The van der Waals surface area contributed by atoms with E-state index in [4.69, 9.17) is 11.6 Å². The molecular formula is C13H18ClNO. The lowest BCUT2D eigenvalue weighted by Crippen LogP contribution is -2.43.